The van der Waals surface area contributed by atoms with E-state index in [1.165, 1.54) is 11.8 Å². The number of unbranched alkanes of at least 4 members (excludes halogenated alkanes) is 1. The van der Waals surface area contributed by atoms with Gasteiger partial charge in [-0.2, -0.15) is 10.2 Å². The zero-order valence-electron chi connectivity index (χ0n) is 17.4. The summed E-state index contributed by atoms with van der Waals surface area (Å²) < 4.78 is 11.1. The second-order valence-electron chi connectivity index (χ2n) is 7.76. The largest absolute Gasteiger partial charge is 0.459 e. The van der Waals surface area contributed by atoms with Crippen molar-refractivity contribution in [2.24, 2.45) is 5.92 Å². The monoisotopic (exact) mass is 418 g/mol. The number of aryl methyl sites for hydroxylation is 1. The highest BCUT2D eigenvalue weighted by atomic mass is 16.4. The second-order valence-corrected chi connectivity index (χ2v) is 7.76. The Morgan fingerprint density at radius 3 is 2.68 bits per heavy atom. The number of oxazole rings is 1. The fourth-order valence-corrected chi connectivity index (χ4v) is 3.90. The van der Waals surface area contributed by atoms with Gasteiger partial charge in [0.1, 0.15) is 6.07 Å². The molecule has 0 atom stereocenters. The third-order valence-corrected chi connectivity index (χ3v) is 5.63. The minimum absolute atomic E-state index is 0.0108. The first-order chi connectivity index (χ1) is 15.2. The molecule has 7 heteroatoms. The number of nitrogens with one attached hydrogen (secondary N) is 1. The summed E-state index contributed by atoms with van der Waals surface area (Å²) in [6, 6.07) is 16.0. The van der Waals surface area contributed by atoms with Crippen LogP contribution in [0.25, 0.3) is 11.7 Å². The van der Waals surface area contributed by atoms with Crippen molar-refractivity contribution in [2.75, 3.05) is 24.5 Å². The molecule has 0 bridgehead atoms. The predicted molar refractivity (Wildman–Crippen MR) is 116 cm³/mol. The van der Waals surface area contributed by atoms with Crippen LogP contribution in [0.5, 0.6) is 0 Å². The van der Waals surface area contributed by atoms with Gasteiger partial charge in [0.2, 0.25) is 17.5 Å². The molecule has 1 amide bonds. The average molecular weight is 418 g/mol. The van der Waals surface area contributed by atoms with Crippen LogP contribution in [-0.2, 0) is 11.2 Å². The zero-order valence-corrected chi connectivity index (χ0v) is 17.4. The van der Waals surface area contributed by atoms with Crippen molar-refractivity contribution >= 4 is 11.8 Å². The van der Waals surface area contributed by atoms with E-state index in [1.54, 1.807) is 12.1 Å². The van der Waals surface area contributed by atoms with Gasteiger partial charge in [0.15, 0.2) is 5.76 Å². The molecule has 0 radical (unpaired) electrons. The molecule has 1 aliphatic heterocycles. The molecule has 2 aromatic heterocycles. The van der Waals surface area contributed by atoms with Gasteiger partial charge in [-0.1, -0.05) is 30.3 Å². The molecule has 7 nitrogen and oxygen atoms in total. The highest BCUT2D eigenvalue weighted by molar-refractivity contribution is 5.79. The smallest absolute Gasteiger partial charge is 0.266 e. The van der Waals surface area contributed by atoms with Gasteiger partial charge < -0.3 is 19.1 Å². The van der Waals surface area contributed by atoms with E-state index in [0.717, 1.165) is 32.1 Å². The molecule has 0 unspecified atom stereocenters. The van der Waals surface area contributed by atoms with Crippen LogP contribution in [0.4, 0.5) is 5.88 Å². The van der Waals surface area contributed by atoms with Gasteiger partial charge in [-0.3, -0.25) is 4.79 Å². The summed E-state index contributed by atoms with van der Waals surface area (Å²) in [7, 11) is 0. The van der Waals surface area contributed by atoms with Gasteiger partial charge in [0, 0.05) is 25.6 Å². The molecule has 3 heterocycles. The van der Waals surface area contributed by atoms with E-state index >= 15 is 0 Å². The quantitative estimate of drug-likeness (QED) is 0.552. The molecule has 0 saturated carbocycles. The van der Waals surface area contributed by atoms with Crippen molar-refractivity contribution in [2.45, 2.75) is 32.1 Å². The number of carbonyl (C=O) groups is 1. The highest BCUT2D eigenvalue weighted by Crippen LogP contribution is 2.31. The Hall–Kier alpha value is -3.53. The molecule has 1 saturated heterocycles. The number of aromatic nitrogens is 1. The molecule has 4 rings (SSSR count). The SMILES string of the molecule is N#Cc1nc(-c2ccco2)oc1N1CCC(C(=O)NCCCCc2ccccc2)CC1. The first-order valence-electron chi connectivity index (χ1n) is 10.8. The van der Waals surface area contributed by atoms with Gasteiger partial charge in [-0.05, 0) is 49.8 Å². The van der Waals surface area contributed by atoms with Crippen molar-refractivity contribution in [1.29, 1.82) is 5.26 Å². The molecule has 160 valence electrons. The Morgan fingerprint density at radius 1 is 1.16 bits per heavy atom. The minimum Gasteiger partial charge on any atom is -0.459 e. The second kappa shape index (κ2) is 9.98. The summed E-state index contributed by atoms with van der Waals surface area (Å²) in [5.74, 6) is 1.35. The molecule has 0 spiro atoms. The Balaban J connectivity index is 1.22. The van der Waals surface area contributed by atoms with Crippen molar-refractivity contribution in [3.63, 3.8) is 0 Å². The van der Waals surface area contributed by atoms with Crippen molar-refractivity contribution in [1.82, 2.24) is 10.3 Å². The van der Waals surface area contributed by atoms with E-state index in [-0.39, 0.29) is 17.5 Å². The van der Waals surface area contributed by atoms with Gasteiger partial charge >= 0.3 is 0 Å². The van der Waals surface area contributed by atoms with E-state index in [0.29, 0.717) is 37.2 Å². The maximum absolute atomic E-state index is 12.5. The highest BCUT2D eigenvalue weighted by Gasteiger charge is 2.29. The number of amides is 1. The third-order valence-electron chi connectivity index (χ3n) is 5.63. The maximum Gasteiger partial charge on any atom is 0.266 e. The van der Waals surface area contributed by atoms with Crippen LogP contribution in [0.3, 0.4) is 0 Å². The summed E-state index contributed by atoms with van der Waals surface area (Å²) >= 11 is 0. The lowest BCUT2D eigenvalue weighted by Gasteiger charge is -2.30. The number of benzene rings is 1. The van der Waals surface area contributed by atoms with Crippen LogP contribution in [0, 0.1) is 17.2 Å². The van der Waals surface area contributed by atoms with E-state index in [9.17, 15) is 10.1 Å². The van der Waals surface area contributed by atoms with Crippen LogP contribution in [0.1, 0.15) is 36.9 Å². The fourth-order valence-electron chi connectivity index (χ4n) is 3.90. The number of furan rings is 1. The first-order valence-corrected chi connectivity index (χ1v) is 10.8. The Kier molecular flexibility index (Phi) is 6.68. The number of nitriles is 1. The maximum atomic E-state index is 12.5. The number of nitrogens with zero attached hydrogens (tertiary/aromatic N) is 3. The van der Waals surface area contributed by atoms with Crippen LogP contribution in [0.2, 0.25) is 0 Å². The molecular formula is C24H26N4O3. The number of hydrogen-bond donors (Lipinski definition) is 1. The molecular weight excluding hydrogens is 392 g/mol. The summed E-state index contributed by atoms with van der Waals surface area (Å²) in [6.45, 7) is 2.00. The minimum atomic E-state index is -0.0108. The Bertz CT molecular complexity index is 1010. The van der Waals surface area contributed by atoms with Gasteiger partial charge in [-0.25, -0.2) is 0 Å². The van der Waals surface area contributed by atoms with Gasteiger partial charge in [-0.15, -0.1) is 0 Å². The topological polar surface area (TPSA) is 95.3 Å². The predicted octanol–water partition coefficient (Wildman–Crippen LogP) is 4.16. The fraction of sp³-hybridized carbons (Fsp3) is 0.375. The van der Waals surface area contributed by atoms with Crippen molar-refractivity contribution in [3.8, 4) is 17.7 Å². The molecule has 0 aliphatic carbocycles. The molecule has 1 aliphatic rings. The lowest BCUT2D eigenvalue weighted by molar-refractivity contribution is -0.125. The number of piperidine rings is 1. The standard InChI is InChI=1S/C24H26N4O3/c25-17-20-24(31-23(27-20)21-10-6-16-30-21)28-14-11-19(12-15-28)22(29)26-13-5-4-9-18-7-2-1-3-8-18/h1-3,6-8,10,16,19H,4-5,9,11-15H2,(H,26,29). The molecule has 1 N–H and O–H groups in total. The van der Waals surface area contributed by atoms with Crippen LogP contribution < -0.4 is 10.2 Å². The lowest BCUT2D eigenvalue weighted by atomic mass is 9.96. The van der Waals surface area contributed by atoms with Crippen LogP contribution in [-0.4, -0.2) is 30.5 Å². The van der Waals surface area contributed by atoms with Gasteiger partial charge in [0.25, 0.3) is 5.89 Å². The third kappa shape index (κ3) is 5.15. The van der Waals surface area contributed by atoms with E-state index in [4.69, 9.17) is 8.83 Å². The number of hydrogen-bond acceptors (Lipinski definition) is 6. The first kappa shape index (κ1) is 20.7. The van der Waals surface area contributed by atoms with Crippen LogP contribution >= 0.6 is 0 Å². The van der Waals surface area contributed by atoms with Crippen molar-refractivity contribution < 1.29 is 13.6 Å². The summed E-state index contributed by atoms with van der Waals surface area (Å²) in [5.41, 5.74) is 1.58. The van der Waals surface area contributed by atoms with E-state index in [2.05, 4.69) is 40.6 Å². The normalized spacial score (nSPS) is 14.4. The Labute approximate surface area is 181 Å². The molecule has 1 aromatic carbocycles. The molecule has 1 fully saturated rings. The van der Waals surface area contributed by atoms with Gasteiger partial charge in [0.05, 0.1) is 6.26 Å². The van der Waals surface area contributed by atoms with E-state index in [1.807, 2.05) is 11.0 Å². The summed E-state index contributed by atoms with van der Waals surface area (Å²) in [5, 5.41) is 12.5. The molecule has 31 heavy (non-hydrogen) atoms. The summed E-state index contributed by atoms with van der Waals surface area (Å²) in [6.07, 6.45) is 6.04. The molecule has 3 aromatic rings. The van der Waals surface area contributed by atoms with E-state index < -0.39 is 0 Å². The number of carbonyl (C=O) groups excluding carboxylic acids is 1. The zero-order chi connectivity index (χ0) is 21.5. The number of rotatable bonds is 8. The van der Waals surface area contributed by atoms with Crippen LogP contribution in [0.15, 0.2) is 57.6 Å². The Morgan fingerprint density at radius 2 is 1.97 bits per heavy atom. The van der Waals surface area contributed by atoms with Crippen molar-refractivity contribution in [3.05, 3.63) is 60.0 Å². The number of anilines is 1. The summed E-state index contributed by atoms with van der Waals surface area (Å²) in [4.78, 5) is 18.8. The average Bonchev–Trinajstić information content (AvgIpc) is 3.49. The lowest BCUT2D eigenvalue weighted by Crippen LogP contribution is -2.41.